The van der Waals surface area contributed by atoms with E-state index in [4.69, 9.17) is 4.74 Å². The van der Waals surface area contributed by atoms with Crippen LogP contribution in [0.5, 0.6) is 0 Å². The Morgan fingerprint density at radius 2 is 2.11 bits per heavy atom. The third-order valence-electron chi connectivity index (χ3n) is 2.84. The van der Waals surface area contributed by atoms with Gasteiger partial charge in [0, 0.05) is 11.5 Å². The van der Waals surface area contributed by atoms with Crippen LogP contribution in [0.25, 0.3) is 20.7 Å². The maximum Gasteiger partial charge on any atom is 0.116 e. The number of hydrogen-bond donors (Lipinski definition) is 0. The van der Waals surface area contributed by atoms with Gasteiger partial charge in [0.15, 0.2) is 0 Å². The molecule has 0 bridgehead atoms. The Hall–Kier alpha value is -1.78. The first-order valence-corrected chi connectivity index (χ1v) is 6.98. The van der Waals surface area contributed by atoms with Crippen LogP contribution in [-0.4, -0.2) is 16.6 Å². The number of ether oxygens (including phenoxy) is 1. The van der Waals surface area contributed by atoms with Crippen LogP contribution in [0.3, 0.4) is 0 Å². The molecule has 0 saturated heterocycles. The summed E-state index contributed by atoms with van der Waals surface area (Å²) in [6.07, 6.45) is 4.50. The number of fused-ring (bicyclic) bond motifs is 1. The van der Waals surface area contributed by atoms with E-state index in [1.165, 1.54) is 22.3 Å². The van der Waals surface area contributed by atoms with Crippen molar-refractivity contribution < 1.29 is 4.74 Å². The molecule has 2 aromatic heterocycles. The van der Waals surface area contributed by atoms with Crippen molar-refractivity contribution in [2.45, 2.75) is 13.5 Å². The highest BCUT2D eigenvalue weighted by Gasteiger charge is 2.05. The van der Waals surface area contributed by atoms with Gasteiger partial charge in [-0.15, -0.1) is 11.3 Å². The molecule has 0 saturated carbocycles. The molecule has 0 aliphatic carbocycles. The molecule has 2 heterocycles. The maximum atomic E-state index is 5.39. The molecule has 3 rings (SSSR count). The zero-order valence-electron chi connectivity index (χ0n) is 10.6. The fraction of sp³-hybridized carbons (Fsp3) is 0.200. The molecule has 0 fully saturated rings. The maximum absolute atomic E-state index is 5.39. The van der Waals surface area contributed by atoms with Crippen molar-refractivity contribution in [3.63, 3.8) is 0 Å². The van der Waals surface area contributed by atoms with E-state index < -0.39 is 0 Å². The van der Waals surface area contributed by atoms with Crippen molar-refractivity contribution in [2.24, 2.45) is 0 Å². The van der Waals surface area contributed by atoms with E-state index in [1.54, 1.807) is 11.3 Å². The molecule has 19 heavy (non-hydrogen) atoms. The SMILES string of the molecule is CCOCc1ccc(-c2cc3ncn[c]c3s2)cc1. The molecule has 0 atom stereocenters. The first kappa shape index (κ1) is 12.3. The molecule has 3 nitrogen and oxygen atoms in total. The highest BCUT2D eigenvalue weighted by atomic mass is 32.1. The molecular weight excluding hydrogens is 256 g/mol. The number of thiophene rings is 1. The average molecular weight is 269 g/mol. The Morgan fingerprint density at radius 3 is 2.84 bits per heavy atom. The van der Waals surface area contributed by atoms with E-state index in [2.05, 4.69) is 46.5 Å². The van der Waals surface area contributed by atoms with Gasteiger partial charge in [-0.2, -0.15) is 0 Å². The van der Waals surface area contributed by atoms with Gasteiger partial charge in [-0.05, 0) is 24.1 Å². The van der Waals surface area contributed by atoms with Gasteiger partial charge in [0.2, 0.25) is 0 Å². The van der Waals surface area contributed by atoms with Crippen molar-refractivity contribution >= 4 is 21.6 Å². The van der Waals surface area contributed by atoms with Gasteiger partial charge >= 0.3 is 0 Å². The standard InChI is InChI=1S/C15H13N2OS/c1-2-18-9-11-3-5-12(6-4-11)14-7-13-15(19-14)8-16-10-17-13/h3-7,10H,2,9H2,1H3. The summed E-state index contributed by atoms with van der Waals surface area (Å²) in [6.45, 7) is 3.41. The minimum atomic E-state index is 0.669. The topological polar surface area (TPSA) is 35.0 Å². The highest BCUT2D eigenvalue weighted by Crippen LogP contribution is 2.31. The second-order valence-electron chi connectivity index (χ2n) is 4.14. The smallest absolute Gasteiger partial charge is 0.116 e. The lowest BCUT2D eigenvalue weighted by molar-refractivity contribution is 0.134. The zero-order valence-corrected chi connectivity index (χ0v) is 11.4. The normalized spacial score (nSPS) is 11.0. The fourth-order valence-corrected chi connectivity index (χ4v) is 2.82. The van der Waals surface area contributed by atoms with Gasteiger partial charge in [-0.1, -0.05) is 24.3 Å². The molecule has 0 spiro atoms. The predicted octanol–water partition coefficient (Wildman–Crippen LogP) is 3.69. The van der Waals surface area contributed by atoms with Crippen LogP contribution in [0.4, 0.5) is 0 Å². The average Bonchev–Trinajstić information content (AvgIpc) is 2.89. The third-order valence-corrected chi connectivity index (χ3v) is 3.92. The third kappa shape index (κ3) is 2.64. The van der Waals surface area contributed by atoms with Crippen molar-refractivity contribution in [2.75, 3.05) is 6.61 Å². The lowest BCUT2D eigenvalue weighted by Gasteiger charge is -2.02. The Bertz CT molecular complexity index is 643. The lowest BCUT2D eigenvalue weighted by atomic mass is 10.1. The monoisotopic (exact) mass is 269 g/mol. The first-order chi connectivity index (χ1) is 9.36. The van der Waals surface area contributed by atoms with Gasteiger partial charge in [0.1, 0.15) is 12.5 Å². The molecule has 95 valence electrons. The molecule has 0 unspecified atom stereocenters. The molecule has 0 aliphatic rings. The van der Waals surface area contributed by atoms with Gasteiger partial charge < -0.3 is 4.74 Å². The first-order valence-electron chi connectivity index (χ1n) is 6.16. The summed E-state index contributed by atoms with van der Waals surface area (Å²) in [4.78, 5) is 9.35. The predicted molar refractivity (Wildman–Crippen MR) is 77.0 cm³/mol. The zero-order chi connectivity index (χ0) is 13.1. The molecular formula is C15H13N2OS. The van der Waals surface area contributed by atoms with E-state index in [9.17, 15) is 0 Å². The number of nitrogens with zero attached hydrogens (tertiary/aromatic N) is 2. The Kier molecular flexibility index (Phi) is 3.53. The second-order valence-corrected chi connectivity index (χ2v) is 5.20. The van der Waals surface area contributed by atoms with Gasteiger partial charge in [-0.3, -0.25) is 0 Å². The number of hydrogen-bond acceptors (Lipinski definition) is 4. The van der Waals surface area contributed by atoms with Crippen LogP contribution in [0.1, 0.15) is 12.5 Å². The molecule has 3 aromatic rings. The largest absolute Gasteiger partial charge is 0.377 e. The van der Waals surface area contributed by atoms with E-state index >= 15 is 0 Å². The minimum Gasteiger partial charge on any atom is -0.377 e. The Labute approximate surface area is 115 Å². The molecule has 4 heteroatoms. The fourth-order valence-electron chi connectivity index (χ4n) is 1.86. The molecule has 0 aliphatic heterocycles. The summed E-state index contributed by atoms with van der Waals surface area (Å²) in [7, 11) is 0. The highest BCUT2D eigenvalue weighted by molar-refractivity contribution is 7.22. The summed E-state index contributed by atoms with van der Waals surface area (Å²) in [5, 5.41) is 0. The summed E-state index contributed by atoms with van der Waals surface area (Å²) < 4.78 is 6.39. The van der Waals surface area contributed by atoms with E-state index in [0.717, 1.165) is 16.8 Å². The van der Waals surface area contributed by atoms with Crippen molar-refractivity contribution in [3.8, 4) is 10.4 Å². The van der Waals surface area contributed by atoms with E-state index in [-0.39, 0.29) is 0 Å². The second kappa shape index (κ2) is 5.47. The Morgan fingerprint density at radius 1 is 1.26 bits per heavy atom. The van der Waals surface area contributed by atoms with Gasteiger partial charge in [-0.25, -0.2) is 9.97 Å². The number of aromatic nitrogens is 2. The van der Waals surface area contributed by atoms with Crippen molar-refractivity contribution in [1.29, 1.82) is 0 Å². The number of benzene rings is 1. The van der Waals surface area contributed by atoms with E-state index in [1.807, 2.05) is 6.92 Å². The molecule has 1 aromatic carbocycles. The van der Waals surface area contributed by atoms with Crippen LogP contribution in [0.15, 0.2) is 36.7 Å². The summed E-state index contributed by atoms with van der Waals surface area (Å²) in [6, 6.07) is 10.5. The van der Waals surface area contributed by atoms with Crippen LogP contribution in [0, 0.1) is 6.20 Å². The van der Waals surface area contributed by atoms with Gasteiger partial charge in [0.25, 0.3) is 0 Å². The van der Waals surface area contributed by atoms with Crippen molar-refractivity contribution in [3.05, 3.63) is 48.4 Å². The van der Waals surface area contributed by atoms with Crippen LogP contribution >= 0.6 is 11.3 Å². The van der Waals surface area contributed by atoms with Crippen molar-refractivity contribution in [1.82, 2.24) is 9.97 Å². The van der Waals surface area contributed by atoms with E-state index in [0.29, 0.717) is 6.61 Å². The van der Waals surface area contributed by atoms with Crippen LogP contribution in [-0.2, 0) is 11.3 Å². The van der Waals surface area contributed by atoms with Crippen LogP contribution < -0.4 is 0 Å². The summed E-state index contributed by atoms with van der Waals surface area (Å²) in [5.41, 5.74) is 3.34. The number of rotatable bonds is 4. The van der Waals surface area contributed by atoms with Crippen LogP contribution in [0.2, 0.25) is 0 Å². The quantitative estimate of drug-likeness (QED) is 0.724. The van der Waals surface area contributed by atoms with Gasteiger partial charge in [0.05, 0.1) is 16.8 Å². The Balaban J connectivity index is 1.88. The summed E-state index contributed by atoms with van der Waals surface area (Å²) >= 11 is 1.66. The lowest BCUT2D eigenvalue weighted by Crippen LogP contribution is -1.90. The summed E-state index contributed by atoms with van der Waals surface area (Å²) in [5.74, 6) is 0. The minimum absolute atomic E-state index is 0.669. The molecule has 0 amide bonds. The molecule has 0 N–H and O–H groups in total. The molecule has 1 radical (unpaired) electrons.